The van der Waals surface area contributed by atoms with Gasteiger partial charge in [-0.05, 0) is 60.9 Å². The number of aryl methyl sites for hydroxylation is 1. The van der Waals surface area contributed by atoms with Gasteiger partial charge < -0.3 is 18.6 Å². The molecule has 1 aromatic heterocycles. The second-order valence-corrected chi connectivity index (χ2v) is 6.83. The van der Waals surface area contributed by atoms with E-state index in [2.05, 4.69) is 24.9 Å². The first-order chi connectivity index (χ1) is 14.1. The van der Waals surface area contributed by atoms with E-state index in [1.54, 1.807) is 21.3 Å². The van der Waals surface area contributed by atoms with Crippen molar-refractivity contribution >= 4 is 11.1 Å². The van der Waals surface area contributed by atoms with Gasteiger partial charge in [0.05, 0.1) is 21.3 Å². The second kappa shape index (κ2) is 7.51. The molecule has 0 radical (unpaired) electrons. The quantitative estimate of drug-likeness (QED) is 0.431. The van der Waals surface area contributed by atoms with E-state index >= 15 is 0 Å². The molecule has 4 rings (SSSR count). The van der Waals surface area contributed by atoms with Gasteiger partial charge in [0, 0.05) is 11.1 Å². The van der Waals surface area contributed by atoms with Crippen LogP contribution in [-0.4, -0.2) is 26.3 Å². The van der Waals surface area contributed by atoms with Gasteiger partial charge in [0.2, 0.25) is 11.6 Å². The van der Waals surface area contributed by atoms with Crippen molar-refractivity contribution in [1.82, 2.24) is 4.98 Å². The summed E-state index contributed by atoms with van der Waals surface area (Å²) in [6, 6.07) is 15.9. The summed E-state index contributed by atoms with van der Waals surface area (Å²) in [4.78, 5) is 4.68. The Bertz CT molecular complexity index is 1190. The lowest BCUT2D eigenvalue weighted by molar-refractivity contribution is 0.325. The van der Waals surface area contributed by atoms with E-state index in [1.807, 2.05) is 42.5 Å². The Balaban J connectivity index is 1.84. The van der Waals surface area contributed by atoms with Crippen molar-refractivity contribution in [2.75, 3.05) is 21.3 Å². The number of rotatable bonds is 5. The third-order valence-corrected chi connectivity index (χ3v) is 5.24. The molecule has 0 N–H and O–H groups in total. The van der Waals surface area contributed by atoms with E-state index in [0.717, 1.165) is 27.8 Å². The molecule has 29 heavy (non-hydrogen) atoms. The van der Waals surface area contributed by atoms with Crippen molar-refractivity contribution in [3.63, 3.8) is 0 Å². The predicted octanol–water partition coefficient (Wildman–Crippen LogP) is 5.80. The van der Waals surface area contributed by atoms with Gasteiger partial charge >= 0.3 is 0 Å². The Labute approximate surface area is 169 Å². The Hall–Kier alpha value is -3.47. The number of oxazole rings is 1. The summed E-state index contributed by atoms with van der Waals surface area (Å²) in [7, 11) is 4.82. The molecule has 0 atom stereocenters. The molecular formula is C24H23NO4. The first-order valence-electron chi connectivity index (χ1n) is 9.34. The third-order valence-electron chi connectivity index (χ3n) is 5.24. The number of ether oxygens (including phenoxy) is 3. The van der Waals surface area contributed by atoms with Gasteiger partial charge in [-0.1, -0.05) is 18.2 Å². The molecule has 148 valence electrons. The minimum atomic E-state index is 0.557. The molecule has 0 saturated heterocycles. The number of fused-ring (bicyclic) bond motifs is 1. The molecule has 0 bridgehead atoms. The van der Waals surface area contributed by atoms with Crippen molar-refractivity contribution in [2.45, 2.75) is 13.8 Å². The maximum atomic E-state index is 6.12. The zero-order chi connectivity index (χ0) is 20.5. The lowest BCUT2D eigenvalue weighted by atomic mass is 10.0. The Morgan fingerprint density at radius 2 is 1.59 bits per heavy atom. The van der Waals surface area contributed by atoms with Crippen molar-refractivity contribution in [3.8, 4) is 39.8 Å². The van der Waals surface area contributed by atoms with Crippen LogP contribution < -0.4 is 14.2 Å². The summed E-state index contributed by atoms with van der Waals surface area (Å²) < 4.78 is 22.6. The maximum Gasteiger partial charge on any atom is 0.227 e. The maximum absolute atomic E-state index is 6.12. The van der Waals surface area contributed by atoms with Gasteiger partial charge in [-0.25, -0.2) is 4.98 Å². The smallest absolute Gasteiger partial charge is 0.227 e. The van der Waals surface area contributed by atoms with Crippen LogP contribution in [0.3, 0.4) is 0 Å². The molecule has 0 aliphatic heterocycles. The van der Waals surface area contributed by atoms with Crippen LogP contribution in [0.4, 0.5) is 0 Å². The number of aromatic nitrogens is 1. The molecule has 0 spiro atoms. The van der Waals surface area contributed by atoms with Crippen LogP contribution in [0.2, 0.25) is 0 Å². The summed E-state index contributed by atoms with van der Waals surface area (Å²) in [5.74, 6) is 2.41. The number of hydrogen-bond acceptors (Lipinski definition) is 5. The molecule has 0 aliphatic carbocycles. The van der Waals surface area contributed by atoms with Crippen molar-refractivity contribution in [3.05, 3.63) is 59.7 Å². The molecule has 1 heterocycles. The van der Waals surface area contributed by atoms with Crippen LogP contribution in [0.5, 0.6) is 17.2 Å². The lowest BCUT2D eigenvalue weighted by Crippen LogP contribution is -1.96. The highest BCUT2D eigenvalue weighted by atomic mass is 16.5. The average molecular weight is 389 g/mol. The monoisotopic (exact) mass is 389 g/mol. The minimum Gasteiger partial charge on any atom is -0.493 e. The molecule has 4 aromatic rings. The molecule has 5 nitrogen and oxygen atoms in total. The average Bonchev–Trinajstić information content (AvgIpc) is 3.17. The van der Waals surface area contributed by atoms with Crippen molar-refractivity contribution < 1.29 is 18.6 Å². The fraction of sp³-hybridized carbons (Fsp3) is 0.208. The fourth-order valence-electron chi connectivity index (χ4n) is 3.52. The third kappa shape index (κ3) is 3.18. The fourth-order valence-corrected chi connectivity index (χ4v) is 3.52. The Morgan fingerprint density at radius 3 is 2.31 bits per heavy atom. The summed E-state index contributed by atoms with van der Waals surface area (Å²) in [6.07, 6.45) is 0. The molecule has 0 amide bonds. The van der Waals surface area contributed by atoms with Crippen LogP contribution >= 0.6 is 0 Å². The molecule has 0 aliphatic rings. The largest absolute Gasteiger partial charge is 0.493 e. The zero-order valence-electron chi connectivity index (χ0n) is 17.2. The van der Waals surface area contributed by atoms with E-state index in [4.69, 9.17) is 18.6 Å². The topological polar surface area (TPSA) is 53.7 Å². The molecule has 0 unspecified atom stereocenters. The van der Waals surface area contributed by atoms with Gasteiger partial charge in [-0.2, -0.15) is 0 Å². The highest BCUT2D eigenvalue weighted by Gasteiger charge is 2.18. The predicted molar refractivity (Wildman–Crippen MR) is 114 cm³/mol. The first-order valence-corrected chi connectivity index (χ1v) is 9.34. The van der Waals surface area contributed by atoms with Crippen LogP contribution in [0.25, 0.3) is 33.7 Å². The first kappa shape index (κ1) is 18.9. The summed E-state index contributed by atoms with van der Waals surface area (Å²) in [5, 5.41) is 0. The molecule has 5 heteroatoms. The van der Waals surface area contributed by atoms with Crippen LogP contribution in [0, 0.1) is 13.8 Å². The second-order valence-electron chi connectivity index (χ2n) is 6.83. The summed E-state index contributed by atoms with van der Waals surface area (Å²) >= 11 is 0. The van der Waals surface area contributed by atoms with E-state index in [-0.39, 0.29) is 0 Å². The van der Waals surface area contributed by atoms with E-state index in [1.165, 1.54) is 11.1 Å². The molecular weight excluding hydrogens is 366 g/mol. The van der Waals surface area contributed by atoms with Gasteiger partial charge in [0.1, 0.15) is 5.52 Å². The van der Waals surface area contributed by atoms with Gasteiger partial charge in [-0.3, -0.25) is 0 Å². The van der Waals surface area contributed by atoms with Crippen LogP contribution in [-0.2, 0) is 0 Å². The molecule has 3 aromatic carbocycles. The molecule has 0 fully saturated rings. The van der Waals surface area contributed by atoms with Crippen LogP contribution in [0.1, 0.15) is 11.1 Å². The summed E-state index contributed by atoms with van der Waals surface area (Å²) in [6.45, 7) is 4.17. The minimum absolute atomic E-state index is 0.557. The summed E-state index contributed by atoms with van der Waals surface area (Å²) in [5.41, 5.74) is 6.74. The van der Waals surface area contributed by atoms with Crippen molar-refractivity contribution in [1.29, 1.82) is 0 Å². The van der Waals surface area contributed by atoms with Gasteiger partial charge in [-0.15, -0.1) is 0 Å². The van der Waals surface area contributed by atoms with Crippen molar-refractivity contribution in [2.24, 2.45) is 0 Å². The Kier molecular flexibility index (Phi) is 4.89. The lowest BCUT2D eigenvalue weighted by Gasteiger charge is -2.15. The number of nitrogens with zero attached hydrogens (tertiary/aromatic N) is 1. The zero-order valence-corrected chi connectivity index (χ0v) is 17.2. The SMILES string of the molecule is COc1ccc(-c2ccc3nc(-c4cccc(C)c4C)oc3c2)c(OC)c1OC. The van der Waals surface area contributed by atoms with E-state index in [0.29, 0.717) is 23.1 Å². The number of methoxy groups -OCH3 is 3. The number of benzene rings is 3. The number of hydrogen-bond donors (Lipinski definition) is 0. The standard InChI is InChI=1S/C24H23NO4/c1-14-7-6-8-17(15(14)2)24-25-19-11-9-16(13-21(19)29-24)18-10-12-20(26-3)23(28-5)22(18)27-4/h6-13H,1-5H3. The van der Waals surface area contributed by atoms with Gasteiger partial charge in [0.15, 0.2) is 17.1 Å². The molecule has 0 saturated carbocycles. The van der Waals surface area contributed by atoms with E-state index < -0.39 is 0 Å². The normalized spacial score (nSPS) is 10.9. The van der Waals surface area contributed by atoms with Crippen LogP contribution in [0.15, 0.2) is 52.9 Å². The highest BCUT2D eigenvalue weighted by Crippen LogP contribution is 2.44. The Morgan fingerprint density at radius 1 is 0.793 bits per heavy atom. The van der Waals surface area contributed by atoms with E-state index in [9.17, 15) is 0 Å². The van der Waals surface area contributed by atoms with Gasteiger partial charge in [0.25, 0.3) is 0 Å². The highest BCUT2D eigenvalue weighted by molar-refractivity contribution is 5.85.